The quantitative estimate of drug-likeness (QED) is 0.843. The van der Waals surface area contributed by atoms with Crippen molar-refractivity contribution in [2.45, 2.75) is 51.5 Å². The lowest BCUT2D eigenvalue weighted by Gasteiger charge is -2.33. The zero-order valence-electron chi connectivity index (χ0n) is 16.0. The summed E-state index contributed by atoms with van der Waals surface area (Å²) >= 11 is 0. The number of carbonyl (C=O) groups is 2. The Balaban J connectivity index is 1.55. The Morgan fingerprint density at radius 1 is 1.22 bits per heavy atom. The van der Waals surface area contributed by atoms with Crippen molar-refractivity contribution in [1.82, 2.24) is 14.7 Å². The molecule has 6 heteroatoms. The van der Waals surface area contributed by atoms with Crippen LogP contribution >= 0.6 is 0 Å². The van der Waals surface area contributed by atoms with Crippen LogP contribution < -0.4 is 0 Å². The first-order valence-corrected chi connectivity index (χ1v) is 9.59. The number of carbonyl (C=O) groups excluding carboxylic acids is 1. The number of rotatable bonds is 6. The minimum atomic E-state index is -0.962. The highest BCUT2D eigenvalue weighted by atomic mass is 16.4. The molecule has 1 unspecified atom stereocenters. The fourth-order valence-electron chi connectivity index (χ4n) is 3.70. The molecule has 1 aliphatic heterocycles. The lowest BCUT2D eigenvalue weighted by Crippen LogP contribution is -2.39. The van der Waals surface area contributed by atoms with Gasteiger partial charge in [0, 0.05) is 25.7 Å². The zero-order chi connectivity index (χ0) is 19.4. The lowest BCUT2D eigenvalue weighted by molar-refractivity contribution is -0.133. The van der Waals surface area contributed by atoms with Gasteiger partial charge in [0.05, 0.1) is 17.8 Å². The zero-order valence-corrected chi connectivity index (χ0v) is 16.0. The fraction of sp³-hybridized carbons (Fsp3) is 0.476. The van der Waals surface area contributed by atoms with E-state index in [1.165, 1.54) is 17.3 Å². The fourth-order valence-corrected chi connectivity index (χ4v) is 3.70. The Kier molecular flexibility index (Phi) is 5.94. The first kappa shape index (κ1) is 19.1. The molecule has 1 aromatic heterocycles. The van der Waals surface area contributed by atoms with Gasteiger partial charge in [-0.05, 0) is 37.7 Å². The van der Waals surface area contributed by atoms with E-state index in [2.05, 4.69) is 43.2 Å². The monoisotopic (exact) mass is 369 g/mol. The van der Waals surface area contributed by atoms with E-state index in [-0.39, 0.29) is 23.4 Å². The number of benzene rings is 1. The highest BCUT2D eigenvalue weighted by Gasteiger charge is 2.26. The first-order valence-electron chi connectivity index (χ1n) is 9.59. The number of hydrogen-bond donors (Lipinski definition) is 1. The topological polar surface area (TPSA) is 75.4 Å². The van der Waals surface area contributed by atoms with Gasteiger partial charge in [0.15, 0.2) is 0 Å². The number of nitrogens with zero attached hydrogens (tertiary/aromatic N) is 3. The molecule has 0 radical (unpaired) electrons. The standard InChI is InChI=1S/C21H27N3O3/c1-3-16(17-6-4-15(2)5-7-17)12-20(25)23-10-8-19(9-11-23)24-14-18(13-22-24)21(26)27/h4-7,13-14,16,19H,3,8-12H2,1-2H3,(H,26,27). The van der Waals surface area contributed by atoms with Gasteiger partial charge in [-0.25, -0.2) is 4.79 Å². The average Bonchev–Trinajstić information content (AvgIpc) is 3.17. The van der Waals surface area contributed by atoms with Gasteiger partial charge in [0.1, 0.15) is 0 Å². The molecule has 0 spiro atoms. The van der Waals surface area contributed by atoms with Crippen LogP contribution in [-0.2, 0) is 4.79 Å². The molecule has 1 N–H and O–H groups in total. The van der Waals surface area contributed by atoms with Gasteiger partial charge < -0.3 is 10.0 Å². The summed E-state index contributed by atoms with van der Waals surface area (Å²) in [4.78, 5) is 25.7. The van der Waals surface area contributed by atoms with Crippen LogP contribution in [0.3, 0.4) is 0 Å². The van der Waals surface area contributed by atoms with Crippen LogP contribution in [0.1, 0.15) is 66.1 Å². The number of aryl methyl sites for hydroxylation is 1. The van der Waals surface area contributed by atoms with Crippen molar-refractivity contribution >= 4 is 11.9 Å². The van der Waals surface area contributed by atoms with Crippen LogP contribution in [0.4, 0.5) is 0 Å². The maximum Gasteiger partial charge on any atom is 0.338 e. The summed E-state index contributed by atoms with van der Waals surface area (Å²) in [5, 5.41) is 13.2. The van der Waals surface area contributed by atoms with E-state index in [0.717, 1.165) is 19.3 Å². The van der Waals surface area contributed by atoms with Gasteiger partial charge in [-0.3, -0.25) is 9.48 Å². The minimum Gasteiger partial charge on any atom is -0.478 e. The van der Waals surface area contributed by atoms with E-state index in [1.807, 2.05) is 4.90 Å². The van der Waals surface area contributed by atoms with E-state index in [0.29, 0.717) is 19.5 Å². The van der Waals surface area contributed by atoms with Crippen LogP contribution in [-0.4, -0.2) is 44.8 Å². The minimum absolute atomic E-state index is 0.154. The van der Waals surface area contributed by atoms with Gasteiger partial charge >= 0.3 is 5.97 Å². The number of hydrogen-bond acceptors (Lipinski definition) is 3. The number of aromatic carboxylic acids is 1. The van der Waals surface area contributed by atoms with E-state index in [9.17, 15) is 9.59 Å². The van der Waals surface area contributed by atoms with Crippen molar-refractivity contribution in [3.05, 3.63) is 53.3 Å². The molecule has 1 fully saturated rings. The highest BCUT2D eigenvalue weighted by Crippen LogP contribution is 2.27. The maximum atomic E-state index is 12.8. The summed E-state index contributed by atoms with van der Waals surface area (Å²) in [6.07, 6.45) is 6.04. The second kappa shape index (κ2) is 8.37. The van der Waals surface area contributed by atoms with Crippen molar-refractivity contribution in [2.75, 3.05) is 13.1 Å². The molecule has 1 aromatic carbocycles. The third kappa shape index (κ3) is 4.56. The van der Waals surface area contributed by atoms with Crippen LogP contribution in [0, 0.1) is 6.92 Å². The van der Waals surface area contributed by atoms with Crippen molar-refractivity contribution in [2.24, 2.45) is 0 Å². The Morgan fingerprint density at radius 2 is 1.89 bits per heavy atom. The van der Waals surface area contributed by atoms with Gasteiger partial charge in [0.25, 0.3) is 0 Å². The van der Waals surface area contributed by atoms with Gasteiger partial charge in [-0.2, -0.15) is 5.10 Å². The Morgan fingerprint density at radius 3 is 2.44 bits per heavy atom. The Hall–Kier alpha value is -2.63. The predicted octanol–water partition coefficient (Wildman–Crippen LogP) is 3.64. The number of amides is 1. The molecule has 27 heavy (non-hydrogen) atoms. The van der Waals surface area contributed by atoms with E-state index < -0.39 is 5.97 Å². The first-order chi connectivity index (χ1) is 13.0. The molecule has 2 aromatic rings. The van der Waals surface area contributed by atoms with E-state index >= 15 is 0 Å². The average molecular weight is 369 g/mol. The summed E-state index contributed by atoms with van der Waals surface area (Å²) in [7, 11) is 0. The largest absolute Gasteiger partial charge is 0.478 e. The van der Waals surface area contributed by atoms with Crippen LogP contribution in [0.2, 0.25) is 0 Å². The van der Waals surface area contributed by atoms with E-state index in [4.69, 9.17) is 5.11 Å². The van der Waals surface area contributed by atoms with Crippen LogP contribution in [0.25, 0.3) is 0 Å². The summed E-state index contributed by atoms with van der Waals surface area (Å²) in [5.74, 6) is -0.511. The normalized spacial score (nSPS) is 16.3. The van der Waals surface area contributed by atoms with Crippen molar-refractivity contribution in [3.8, 4) is 0 Å². The number of carboxylic acids is 1. The Bertz CT molecular complexity index is 789. The molecule has 0 aliphatic carbocycles. The van der Waals surface area contributed by atoms with Crippen LogP contribution in [0.5, 0.6) is 0 Å². The number of carboxylic acid groups (broad SMARTS) is 1. The molecule has 0 saturated carbocycles. The smallest absolute Gasteiger partial charge is 0.338 e. The SMILES string of the molecule is CCC(CC(=O)N1CCC(n2cc(C(=O)O)cn2)CC1)c1ccc(C)cc1. The van der Waals surface area contributed by atoms with Crippen molar-refractivity contribution in [1.29, 1.82) is 0 Å². The van der Waals surface area contributed by atoms with Crippen molar-refractivity contribution < 1.29 is 14.7 Å². The molecule has 1 atom stereocenters. The Labute approximate surface area is 159 Å². The molecule has 2 heterocycles. The van der Waals surface area contributed by atoms with Crippen molar-refractivity contribution in [3.63, 3.8) is 0 Å². The molecule has 144 valence electrons. The number of aromatic nitrogens is 2. The predicted molar refractivity (Wildman–Crippen MR) is 103 cm³/mol. The van der Waals surface area contributed by atoms with E-state index in [1.54, 1.807) is 10.9 Å². The van der Waals surface area contributed by atoms with Gasteiger partial charge in [0.2, 0.25) is 5.91 Å². The molecule has 1 saturated heterocycles. The number of piperidine rings is 1. The van der Waals surface area contributed by atoms with Gasteiger partial charge in [-0.15, -0.1) is 0 Å². The highest BCUT2D eigenvalue weighted by molar-refractivity contribution is 5.86. The molecule has 0 bridgehead atoms. The number of likely N-dealkylation sites (tertiary alicyclic amines) is 1. The third-order valence-corrected chi connectivity index (χ3v) is 5.50. The summed E-state index contributed by atoms with van der Waals surface area (Å²) < 4.78 is 1.73. The molecule has 1 amide bonds. The second-order valence-electron chi connectivity index (χ2n) is 7.35. The third-order valence-electron chi connectivity index (χ3n) is 5.50. The summed E-state index contributed by atoms with van der Waals surface area (Å²) in [5.41, 5.74) is 2.66. The maximum absolute atomic E-state index is 12.8. The molecule has 6 nitrogen and oxygen atoms in total. The molecule has 3 rings (SSSR count). The molecular weight excluding hydrogens is 342 g/mol. The lowest BCUT2D eigenvalue weighted by atomic mass is 9.91. The second-order valence-corrected chi connectivity index (χ2v) is 7.35. The molecular formula is C21H27N3O3. The molecule has 1 aliphatic rings. The summed E-state index contributed by atoms with van der Waals surface area (Å²) in [6, 6.07) is 8.61. The summed E-state index contributed by atoms with van der Waals surface area (Å²) in [6.45, 7) is 5.58. The van der Waals surface area contributed by atoms with Crippen LogP contribution in [0.15, 0.2) is 36.7 Å². The van der Waals surface area contributed by atoms with Gasteiger partial charge in [-0.1, -0.05) is 36.8 Å².